The minimum absolute atomic E-state index is 0.416. The number of anilines is 1. The Balaban J connectivity index is 1.74. The Labute approximate surface area is 115 Å². The summed E-state index contributed by atoms with van der Waals surface area (Å²) in [6, 6.07) is 11.3. The van der Waals surface area contributed by atoms with Crippen LogP contribution < -0.4 is 4.90 Å². The molecule has 3 heterocycles. The molecular weight excluding hydrogens is 256 g/mol. The lowest BCUT2D eigenvalue weighted by molar-refractivity contribution is 0.557. The Kier molecular flexibility index (Phi) is 2.55. The molecule has 1 saturated heterocycles. The molecule has 1 aliphatic heterocycles. The third-order valence-corrected chi connectivity index (χ3v) is 4.41. The van der Waals surface area contributed by atoms with Crippen LogP contribution in [0, 0.1) is 0 Å². The molecule has 1 aromatic carbocycles. The molecule has 19 heavy (non-hydrogen) atoms. The van der Waals surface area contributed by atoms with Crippen molar-refractivity contribution in [2.75, 3.05) is 11.4 Å². The SMILES string of the molecule is c1ccc2oc(N3CCCC3c3ccsc3)nc2c1. The van der Waals surface area contributed by atoms with Crippen LogP contribution in [0.15, 0.2) is 45.5 Å². The number of hydrogen-bond donors (Lipinski definition) is 0. The fourth-order valence-corrected chi connectivity index (χ4v) is 3.50. The molecule has 0 amide bonds. The van der Waals surface area contributed by atoms with Crippen molar-refractivity contribution >= 4 is 28.5 Å². The summed E-state index contributed by atoms with van der Waals surface area (Å²) >= 11 is 1.75. The molecule has 0 radical (unpaired) electrons. The van der Waals surface area contributed by atoms with Crippen molar-refractivity contribution < 1.29 is 4.42 Å². The number of nitrogens with zero attached hydrogens (tertiary/aromatic N) is 2. The smallest absolute Gasteiger partial charge is 0.298 e. The highest BCUT2D eigenvalue weighted by atomic mass is 32.1. The summed E-state index contributed by atoms with van der Waals surface area (Å²) in [6.07, 6.45) is 2.37. The summed E-state index contributed by atoms with van der Waals surface area (Å²) in [6.45, 7) is 1.02. The lowest BCUT2D eigenvalue weighted by Gasteiger charge is -2.21. The number of fused-ring (bicyclic) bond motifs is 1. The molecule has 0 bridgehead atoms. The summed E-state index contributed by atoms with van der Waals surface area (Å²) in [7, 11) is 0. The second-order valence-electron chi connectivity index (χ2n) is 4.87. The topological polar surface area (TPSA) is 29.3 Å². The Hall–Kier alpha value is -1.81. The minimum Gasteiger partial charge on any atom is -0.423 e. The predicted octanol–water partition coefficient (Wildman–Crippen LogP) is 4.23. The highest BCUT2D eigenvalue weighted by Crippen LogP contribution is 2.37. The zero-order chi connectivity index (χ0) is 12.7. The quantitative estimate of drug-likeness (QED) is 0.698. The Morgan fingerprint density at radius 3 is 3.05 bits per heavy atom. The van der Waals surface area contributed by atoms with Crippen molar-refractivity contribution in [3.63, 3.8) is 0 Å². The highest BCUT2D eigenvalue weighted by molar-refractivity contribution is 7.08. The van der Waals surface area contributed by atoms with E-state index in [1.807, 2.05) is 24.3 Å². The number of benzene rings is 1. The molecule has 1 aliphatic rings. The molecule has 96 valence electrons. The average Bonchev–Trinajstić information content (AvgIpc) is 3.17. The van der Waals surface area contributed by atoms with Gasteiger partial charge >= 0.3 is 0 Å². The second-order valence-corrected chi connectivity index (χ2v) is 5.65. The van der Waals surface area contributed by atoms with Gasteiger partial charge in [0.05, 0.1) is 6.04 Å². The van der Waals surface area contributed by atoms with Gasteiger partial charge in [0.25, 0.3) is 6.01 Å². The van der Waals surface area contributed by atoms with Gasteiger partial charge in [0.15, 0.2) is 5.58 Å². The summed E-state index contributed by atoms with van der Waals surface area (Å²) in [4.78, 5) is 6.91. The fourth-order valence-electron chi connectivity index (χ4n) is 2.79. The fraction of sp³-hybridized carbons (Fsp3) is 0.267. The van der Waals surface area contributed by atoms with Crippen LogP contribution >= 0.6 is 11.3 Å². The first-order valence-corrected chi connectivity index (χ1v) is 7.50. The van der Waals surface area contributed by atoms with Crippen LogP contribution in [-0.2, 0) is 0 Å². The van der Waals surface area contributed by atoms with Crippen molar-refractivity contribution in [2.24, 2.45) is 0 Å². The van der Waals surface area contributed by atoms with E-state index in [4.69, 9.17) is 4.42 Å². The number of aromatic nitrogens is 1. The van der Waals surface area contributed by atoms with Crippen LogP contribution in [0.25, 0.3) is 11.1 Å². The Morgan fingerprint density at radius 1 is 1.26 bits per heavy atom. The van der Waals surface area contributed by atoms with E-state index in [0.717, 1.165) is 23.7 Å². The van der Waals surface area contributed by atoms with E-state index in [9.17, 15) is 0 Å². The third kappa shape index (κ3) is 1.83. The number of oxazole rings is 1. The van der Waals surface area contributed by atoms with Crippen LogP contribution in [0.1, 0.15) is 24.4 Å². The van der Waals surface area contributed by atoms with Crippen LogP contribution in [0.4, 0.5) is 6.01 Å². The molecule has 3 aromatic rings. The van der Waals surface area contributed by atoms with Gasteiger partial charge in [0.2, 0.25) is 0 Å². The van der Waals surface area contributed by atoms with Gasteiger partial charge < -0.3 is 9.32 Å². The summed E-state index contributed by atoms with van der Waals surface area (Å²) in [5.41, 5.74) is 3.19. The highest BCUT2D eigenvalue weighted by Gasteiger charge is 2.29. The van der Waals surface area contributed by atoms with E-state index in [-0.39, 0.29) is 0 Å². The molecule has 1 atom stereocenters. The van der Waals surface area contributed by atoms with Crippen LogP contribution in [-0.4, -0.2) is 11.5 Å². The molecule has 2 aromatic heterocycles. The summed E-state index contributed by atoms with van der Waals surface area (Å²) in [5.74, 6) is 0. The third-order valence-electron chi connectivity index (χ3n) is 3.71. The van der Waals surface area contributed by atoms with E-state index >= 15 is 0 Å². The van der Waals surface area contributed by atoms with E-state index in [2.05, 4.69) is 26.7 Å². The first-order valence-electron chi connectivity index (χ1n) is 6.56. The van der Waals surface area contributed by atoms with Gasteiger partial charge in [0, 0.05) is 6.54 Å². The molecule has 1 unspecified atom stereocenters. The maximum absolute atomic E-state index is 5.90. The Morgan fingerprint density at radius 2 is 2.21 bits per heavy atom. The summed E-state index contributed by atoms with van der Waals surface area (Å²) in [5, 5.41) is 4.36. The van der Waals surface area contributed by atoms with Crippen molar-refractivity contribution in [3.05, 3.63) is 46.7 Å². The van der Waals surface area contributed by atoms with Crippen molar-refractivity contribution in [1.82, 2.24) is 4.98 Å². The summed E-state index contributed by atoms with van der Waals surface area (Å²) < 4.78 is 5.90. The Bertz CT molecular complexity index is 656. The van der Waals surface area contributed by atoms with E-state index in [1.165, 1.54) is 18.4 Å². The van der Waals surface area contributed by atoms with Gasteiger partial charge in [-0.3, -0.25) is 0 Å². The first-order chi connectivity index (χ1) is 9.42. The molecular formula is C15H14N2OS. The van der Waals surface area contributed by atoms with E-state index < -0.39 is 0 Å². The van der Waals surface area contributed by atoms with E-state index in [1.54, 1.807) is 11.3 Å². The molecule has 0 aliphatic carbocycles. The molecule has 4 rings (SSSR count). The molecule has 0 saturated carbocycles. The lowest BCUT2D eigenvalue weighted by Crippen LogP contribution is -2.22. The lowest BCUT2D eigenvalue weighted by atomic mass is 10.1. The van der Waals surface area contributed by atoms with Gasteiger partial charge in [-0.15, -0.1) is 0 Å². The normalized spacial score (nSPS) is 19.4. The van der Waals surface area contributed by atoms with Crippen molar-refractivity contribution in [1.29, 1.82) is 0 Å². The van der Waals surface area contributed by atoms with E-state index in [0.29, 0.717) is 6.04 Å². The van der Waals surface area contributed by atoms with Crippen LogP contribution in [0.2, 0.25) is 0 Å². The van der Waals surface area contributed by atoms with Crippen molar-refractivity contribution in [2.45, 2.75) is 18.9 Å². The van der Waals surface area contributed by atoms with Crippen LogP contribution in [0.3, 0.4) is 0 Å². The largest absolute Gasteiger partial charge is 0.423 e. The van der Waals surface area contributed by atoms with Gasteiger partial charge in [-0.25, -0.2) is 0 Å². The van der Waals surface area contributed by atoms with Gasteiger partial charge in [-0.05, 0) is 47.4 Å². The second kappa shape index (κ2) is 4.38. The van der Waals surface area contributed by atoms with Gasteiger partial charge in [-0.1, -0.05) is 12.1 Å². The molecule has 3 nitrogen and oxygen atoms in total. The predicted molar refractivity (Wildman–Crippen MR) is 77.6 cm³/mol. The minimum atomic E-state index is 0.416. The number of thiophene rings is 1. The maximum Gasteiger partial charge on any atom is 0.298 e. The molecule has 0 N–H and O–H groups in total. The zero-order valence-electron chi connectivity index (χ0n) is 10.5. The monoisotopic (exact) mass is 270 g/mol. The van der Waals surface area contributed by atoms with Crippen LogP contribution in [0.5, 0.6) is 0 Å². The maximum atomic E-state index is 5.90. The van der Waals surface area contributed by atoms with Crippen molar-refractivity contribution in [3.8, 4) is 0 Å². The molecule has 0 spiro atoms. The standard InChI is InChI=1S/C15H14N2OS/c1-2-6-14-12(4-1)16-15(18-14)17-8-3-5-13(17)11-7-9-19-10-11/h1-2,4,6-7,9-10,13H,3,5,8H2. The van der Waals surface area contributed by atoms with Gasteiger partial charge in [0.1, 0.15) is 5.52 Å². The molecule has 4 heteroatoms. The number of hydrogen-bond acceptors (Lipinski definition) is 4. The first kappa shape index (κ1) is 11.1. The average molecular weight is 270 g/mol. The molecule has 1 fully saturated rings. The number of para-hydroxylation sites is 2. The van der Waals surface area contributed by atoms with Gasteiger partial charge in [-0.2, -0.15) is 16.3 Å². The zero-order valence-corrected chi connectivity index (χ0v) is 11.3. The number of rotatable bonds is 2.